The van der Waals surface area contributed by atoms with E-state index in [9.17, 15) is 4.79 Å². The second kappa shape index (κ2) is 18.4. The predicted octanol–water partition coefficient (Wildman–Crippen LogP) is 5.34. The number of rotatable bonds is 19. The lowest BCUT2D eigenvalue weighted by Gasteiger charge is -2.09. The van der Waals surface area contributed by atoms with Crippen LogP contribution in [0.15, 0.2) is 24.3 Å². The normalized spacial score (nSPS) is 10.8. The lowest BCUT2D eigenvalue weighted by molar-refractivity contribution is -0.144. The van der Waals surface area contributed by atoms with Crippen LogP contribution in [0, 0.1) is 0 Å². The molecular formula is C24H40O5. The summed E-state index contributed by atoms with van der Waals surface area (Å²) in [7, 11) is 0. The maximum atomic E-state index is 11.1. The molecule has 0 N–H and O–H groups in total. The van der Waals surface area contributed by atoms with Crippen LogP contribution in [-0.2, 0) is 25.4 Å². The zero-order valence-corrected chi connectivity index (χ0v) is 18.5. The predicted molar refractivity (Wildman–Crippen MR) is 117 cm³/mol. The number of carbonyl (C=O) groups is 1. The summed E-state index contributed by atoms with van der Waals surface area (Å²) in [6, 6.07) is 8.39. The molecule has 0 saturated carbocycles. The van der Waals surface area contributed by atoms with E-state index in [0.29, 0.717) is 39.6 Å². The van der Waals surface area contributed by atoms with Crippen molar-refractivity contribution in [3.63, 3.8) is 0 Å². The Morgan fingerprint density at radius 1 is 0.759 bits per heavy atom. The van der Waals surface area contributed by atoms with E-state index in [1.807, 2.05) is 12.1 Å². The van der Waals surface area contributed by atoms with Gasteiger partial charge < -0.3 is 18.9 Å². The third-order valence-electron chi connectivity index (χ3n) is 4.62. The number of hydrogen-bond acceptors (Lipinski definition) is 5. The summed E-state index contributed by atoms with van der Waals surface area (Å²) < 4.78 is 21.3. The average Bonchev–Trinajstić information content (AvgIpc) is 2.73. The fraction of sp³-hybridized carbons (Fsp3) is 0.708. The summed E-state index contributed by atoms with van der Waals surface area (Å²) in [6.07, 6.45) is 10.8. The van der Waals surface area contributed by atoms with Crippen LogP contribution in [-0.4, -0.2) is 45.6 Å². The number of benzene rings is 1. The molecule has 166 valence electrons. The molecule has 0 atom stereocenters. The summed E-state index contributed by atoms with van der Waals surface area (Å²) in [4.78, 5) is 11.1. The van der Waals surface area contributed by atoms with Crippen LogP contribution in [0.1, 0.15) is 70.8 Å². The molecule has 0 saturated heterocycles. The Balaban J connectivity index is 1.95. The number of ether oxygens (including phenoxy) is 4. The van der Waals surface area contributed by atoms with Crippen LogP contribution in [0.3, 0.4) is 0 Å². The second-order valence-electron chi connectivity index (χ2n) is 7.14. The van der Waals surface area contributed by atoms with E-state index in [1.54, 1.807) is 6.92 Å². The standard InChI is InChI=1S/C24H40O5/c1-3-5-6-7-8-9-10-11-22-12-14-23(15-13-22)29-21-20-27-19-18-26-17-16-24(25)28-4-2/h12-15H,3-11,16-21H2,1-2H3. The maximum absolute atomic E-state index is 11.1. The van der Waals surface area contributed by atoms with Crippen molar-refractivity contribution < 1.29 is 23.7 Å². The molecule has 0 aliphatic rings. The smallest absolute Gasteiger partial charge is 0.308 e. The Hall–Kier alpha value is -1.59. The molecule has 29 heavy (non-hydrogen) atoms. The van der Waals surface area contributed by atoms with E-state index in [0.717, 1.165) is 12.2 Å². The molecule has 0 aliphatic carbocycles. The molecule has 0 heterocycles. The Kier molecular flexibility index (Phi) is 16.2. The summed E-state index contributed by atoms with van der Waals surface area (Å²) in [5.74, 6) is 0.651. The van der Waals surface area contributed by atoms with E-state index < -0.39 is 0 Å². The number of aryl methyl sites for hydroxylation is 1. The van der Waals surface area contributed by atoms with Crippen molar-refractivity contribution in [3.05, 3.63) is 29.8 Å². The zero-order chi connectivity index (χ0) is 21.0. The van der Waals surface area contributed by atoms with E-state index in [-0.39, 0.29) is 12.4 Å². The first kappa shape index (κ1) is 25.4. The van der Waals surface area contributed by atoms with Gasteiger partial charge in [0.05, 0.1) is 39.5 Å². The van der Waals surface area contributed by atoms with Crippen LogP contribution in [0.2, 0.25) is 0 Å². The lowest BCUT2D eigenvalue weighted by Crippen LogP contribution is -2.13. The number of hydrogen-bond donors (Lipinski definition) is 0. The Labute approximate surface area is 177 Å². The highest BCUT2D eigenvalue weighted by molar-refractivity contribution is 5.69. The molecule has 0 fully saturated rings. The molecule has 0 aromatic heterocycles. The van der Waals surface area contributed by atoms with Crippen LogP contribution >= 0.6 is 0 Å². The van der Waals surface area contributed by atoms with Crippen LogP contribution in [0.5, 0.6) is 5.75 Å². The van der Waals surface area contributed by atoms with Gasteiger partial charge >= 0.3 is 5.97 Å². The minimum absolute atomic E-state index is 0.227. The van der Waals surface area contributed by atoms with Gasteiger partial charge in [0.1, 0.15) is 12.4 Å². The molecule has 1 aromatic rings. The SMILES string of the molecule is CCCCCCCCCc1ccc(OCCOCCOCCC(=O)OCC)cc1. The number of carbonyl (C=O) groups excluding carboxylic acids is 1. The van der Waals surface area contributed by atoms with Crippen molar-refractivity contribution in [1.82, 2.24) is 0 Å². The largest absolute Gasteiger partial charge is 0.491 e. The van der Waals surface area contributed by atoms with Gasteiger partial charge in [0, 0.05) is 0 Å². The zero-order valence-electron chi connectivity index (χ0n) is 18.5. The highest BCUT2D eigenvalue weighted by atomic mass is 16.5. The van der Waals surface area contributed by atoms with Crippen molar-refractivity contribution in [1.29, 1.82) is 0 Å². The van der Waals surface area contributed by atoms with Gasteiger partial charge in [-0.05, 0) is 37.5 Å². The van der Waals surface area contributed by atoms with E-state index in [2.05, 4.69) is 19.1 Å². The molecule has 0 radical (unpaired) electrons. The highest BCUT2D eigenvalue weighted by Crippen LogP contribution is 2.15. The van der Waals surface area contributed by atoms with Gasteiger partial charge in [0.2, 0.25) is 0 Å². The summed E-state index contributed by atoms with van der Waals surface area (Å²) in [5, 5.41) is 0. The van der Waals surface area contributed by atoms with E-state index in [4.69, 9.17) is 18.9 Å². The van der Waals surface area contributed by atoms with E-state index >= 15 is 0 Å². The molecule has 0 unspecified atom stereocenters. The number of unbranched alkanes of at least 4 members (excludes halogenated alkanes) is 6. The minimum atomic E-state index is -0.227. The van der Waals surface area contributed by atoms with E-state index in [1.165, 1.54) is 50.5 Å². The lowest BCUT2D eigenvalue weighted by atomic mass is 10.0. The fourth-order valence-electron chi connectivity index (χ4n) is 2.97. The molecule has 0 amide bonds. The van der Waals surface area contributed by atoms with Gasteiger partial charge in [0.25, 0.3) is 0 Å². The summed E-state index contributed by atoms with van der Waals surface area (Å²) in [6.45, 7) is 6.80. The Morgan fingerprint density at radius 3 is 2.07 bits per heavy atom. The molecule has 5 heteroatoms. The van der Waals surface area contributed by atoms with Crippen LogP contribution < -0.4 is 4.74 Å². The van der Waals surface area contributed by atoms with Crippen molar-refractivity contribution in [2.24, 2.45) is 0 Å². The van der Waals surface area contributed by atoms with Crippen molar-refractivity contribution in [2.45, 2.75) is 71.6 Å². The van der Waals surface area contributed by atoms with Gasteiger partial charge in [-0.3, -0.25) is 4.79 Å². The van der Waals surface area contributed by atoms with Gasteiger partial charge in [-0.25, -0.2) is 0 Å². The molecule has 0 spiro atoms. The average molecular weight is 409 g/mol. The topological polar surface area (TPSA) is 54.0 Å². The quantitative estimate of drug-likeness (QED) is 0.228. The highest BCUT2D eigenvalue weighted by Gasteiger charge is 2.01. The van der Waals surface area contributed by atoms with Crippen molar-refractivity contribution in [2.75, 3.05) is 39.6 Å². The van der Waals surface area contributed by atoms with Crippen LogP contribution in [0.25, 0.3) is 0 Å². The first-order valence-corrected chi connectivity index (χ1v) is 11.3. The maximum Gasteiger partial charge on any atom is 0.308 e. The summed E-state index contributed by atoms with van der Waals surface area (Å²) in [5.41, 5.74) is 1.38. The van der Waals surface area contributed by atoms with Gasteiger partial charge in [-0.2, -0.15) is 0 Å². The van der Waals surface area contributed by atoms with Gasteiger partial charge in [-0.1, -0.05) is 57.6 Å². The first-order valence-electron chi connectivity index (χ1n) is 11.3. The van der Waals surface area contributed by atoms with Crippen molar-refractivity contribution >= 4 is 5.97 Å². The molecule has 0 aliphatic heterocycles. The third kappa shape index (κ3) is 15.0. The van der Waals surface area contributed by atoms with Crippen molar-refractivity contribution in [3.8, 4) is 5.75 Å². The van der Waals surface area contributed by atoms with Gasteiger partial charge in [0.15, 0.2) is 0 Å². The molecule has 1 rings (SSSR count). The minimum Gasteiger partial charge on any atom is -0.491 e. The third-order valence-corrected chi connectivity index (χ3v) is 4.62. The Morgan fingerprint density at radius 2 is 1.38 bits per heavy atom. The first-order chi connectivity index (χ1) is 14.3. The van der Waals surface area contributed by atoms with Gasteiger partial charge in [-0.15, -0.1) is 0 Å². The molecular weight excluding hydrogens is 368 g/mol. The monoisotopic (exact) mass is 408 g/mol. The van der Waals surface area contributed by atoms with Crippen LogP contribution in [0.4, 0.5) is 0 Å². The molecule has 0 bridgehead atoms. The molecule has 1 aromatic carbocycles. The Bertz CT molecular complexity index is 500. The number of esters is 1. The fourth-order valence-corrected chi connectivity index (χ4v) is 2.97. The molecule has 5 nitrogen and oxygen atoms in total. The second-order valence-corrected chi connectivity index (χ2v) is 7.14. The summed E-state index contributed by atoms with van der Waals surface area (Å²) >= 11 is 0.